The molecular formula is C11H14FNO3. The summed E-state index contributed by atoms with van der Waals surface area (Å²) in [6, 6.07) is 2.80. The molecule has 0 aromatic heterocycles. The molecule has 16 heavy (non-hydrogen) atoms. The van der Waals surface area contributed by atoms with Gasteiger partial charge in [0.2, 0.25) is 0 Å². The first-order chi connectivity index (χ1) is 7.72. The van der Waals surface area contributed by atoms with Crippen LogP contribution in [0.3, 0.4) is 0 Å². The van der Waals surface area contributed by atoms with Crippen LogP contribution in [0.5, 0.6) is 11.5 Å². The minimum atomic E-state index is -0.577. The van der Waals surface area contributed by atoms with Crippen molar-refractivity contribution in [1.29, 1.82) is 0 Å². The summed E-state index contributed by atoms with van der Waals surface area (Å²) in [5.41, 5.74) is 0.614. The highest BCUT2D eigenvalue weighted by molar-refractivity contribution is 5.43. The topological polar surface area (TPSA) is 50.7 Å². The fourth-order valence-corrected chi connectivity index (χ4v) is 1.77. The number of rotatable bonds is 2. The number of aromatic hydroxyl groups is 1. The molecule has 1 aliphatic heterocycles. The Morgan fingerprint density at radius 2 is 2.38 bits per heavy atom. The van der Waals surface area contributed by atoms with Crippen molar-refractivity contribution in [2.75, 3.05) is 26.8 Å². The molecule has 0 radical (unpaired) electrons. The SMILES string of the molecule is COc1c(O)cc(C2CNCCO2)cc1F. The molecule has 88 valence electrons. The van der Waals surface area contributed by atoms with Crippen molar-refractivity contribution in [3.63, 3.8) is 0 Å². The third-order valence-electron chi connectivity index (χ3n) is 2.55. The number of benzene rings is 1. The molecule has 1 heterocycles. The van der Waals surface area contributed by atoms with Crippen LogP contribution in [0.1, 0.15) is 11.7 Å². The van der Waals surface area contributed by atoms with Crippen LogP contribution in [-0.4, -0.2) is 31.9 Å². The second-order valence-corrected chi connectivity index (χ2v) is 3.62. The highest BCUT2D eigenvalue weighted by atomic mass is 19.1. The number of methoxy groups -OCH3 is 1. The quantitative estimate of drug-likeness (QED) is 0.797. The van der Waals surface area contributed by atoms with Crippen molar-refractivity contribution in [2.45, 2.75) is 6.10 Å². The summed E-state index contributed by atoms with van der Waals surface area (Å²) in [5, 5.41) is 12.7. The van der Waals surface area contributed by atoms with Gasteiger partial charge in [0, 0.05) is 13.1 Å². The van der Waals surface area contributed by atoms with Gasteiger partial charge in [-0.15, -0.1) is 0 Å². The molecule has 2 rings (SSSR count). The molecular weight excluding hydrogens is 213 g/mol. The number of halogens is 1. The van der Waals surface area contributed by atoms with Crippen LogP contribution in [0.2, 0.25) is 0 Å². The van der Waals surface area contributed by atoms with Gasteiger partial charge in [0.15, 0.2) is 17.3 Å². The molecule has 1 aliphatic rings. The van der Waals surface area contributed by atoms with E-state index in [2.05, 4.69) is 5.32 Å². The average Bonchev–Trinajstić information content (AvgIpc) is 2.30. The molecule has 0 saturated carbocycles. The molecule has 0 amide bonds. The largest absolute Gasteiger partial charge is 0.504 e. The summed E-state index contributed by atoms with van der Waals surface area (Å²) in [6.45, 7) is 1.99. The Bertz CT molecular complexity index is 354. The molecule has 5 heteroatoms. The van der Waals surface area contributed by atoms with Gasteiger partial charge < -0.3 is 19.9 Å². The van der Waals surface area contributed by atoms with E-state index in [1.54, 1.807) is 0 Å². The monoisotopic (exact) mass is 227 g/mol. The number of morpholine rings is 1. The van der Waals surface area contributed by atoms with Crippen molar-refractivity contribution in [3.8, 4) is 11.5 Å². The lowest BCUT2D eigenvalue weighted by Crippen LogP contribution is -2.33. The summed E-state index contributed by atoms with van der Waals surface area (Å²) in [7, 11) is 1.32. The van der Waals surface area contributed by atoms with Crippen LogP contribution in [0.15, 0.2) is 12.1 Å². The van der Waals surface area contributed by atoms with E-state index in [0.717, 1.165) is 6.54 Å². The first-order valence-corrected chi connectivity index (χ1v) is 5.11. The fourth-order valence-electron chi connectivity index (χ4n) is 1.77. The summed E-state index contributed by atoms with van der Waals surface area (Å²) in [5.74, 6) is -0.911. The maximum Gasteiger partial charge on any atom is 0.196 e. The molecule has 1 aromatic carbocycles. The molecule has 4 nitrogen and oxygen atoms in total. The van der Waals surface area contributed by atoms with Gasteiger partial charge in [-0.2, -0.15) is 0 Å². The highest BCUT2D eigenvalue weighted by Crippen LogP contribution is 2.33. The van der Waals surface area contributed by atoms with Crippen LogP contribution < -0.4 is 10.1 Å². The third kappa shape index (κ3) is 2.10. The van der Waals surface area contributed by atoms with E-state index in [1.165, 1.54) is 19.2 Å². The minimum absolute atomic E-state index is 0.132. The van der Waals surface area contributed by atoms with Crippen molar-refractivity contribution >= 4 is 0 Å². The van der Waals surface area contributed by atoms with E-state index in [0.29, 0.717) is 18.7 Å². The zero-order valence-electron chi connectivity index (χ0n) is 9.00. The smallest absolute Gasteiger partial charge is 0.196 e. The third-order valence-corrected chi connectivity index (χ3v) is 2.55. The summed E-state index contributed by atoms with van der Waals surface area (Å²) in [4.78, 5) is 0. The predicted octanol–water partition coefficient (Wildman–Crippen LogP) is 1.20. The Morgan fingerprint density at radius 1 is 1.56 bits per heavy atom. The second kappa shape index (κ2) is 4.67. The lowest BCUT2D eigenvalue weighted by molar-refractivity contribution is 0.0273. The van der Waals surface area contributed by atoms with Gasteiger partial charge in [-0.3, -0.25) is 0 Å². The molecule has 0 aliphatic carbocycles. The molecule has 1 aromatic rings. The zero-order chi connectivity index (χ0) is 11.5. The van der Waals surface area contributed by atoms with E-state index in [4.69, 9.17) is 9.47 Å². The van der Waals surface area contributed by atoms with Gasteiger partial charge in [-0.1, -0.05) is 0 Å². The lowest BCUT2D eigenvalue weighted by atomic mass is 10.1. The van der Waals surface area contributed by atoms with Gasteiger partial charge in [-0.05, 0) is 17.7 Å². The van der Waals surface area contributed by atoms with Gasteiger partial charge in [0.25, 0.3) is 0 Å². The summed E-state index contributed by atoms with van der Waals surface area (Å²) < 4.78 is 23.7. The van der Waals surface area contributed by atoms with Crippen molar-refractivity contribution in [2.24, 2.45) is 0 Å². The van der Waals surface area contributed by atoms with E-state index >= 15 is 0 Å². The van der Waals surface area contributed by atoms with Gasteiger partial charge in [0.1, 0.15) is 0 Å². The number of hydrogen-bond acceptors (Lipinski definition) is 4. The Morgan fingerprint density at radius 3 is 2.94 bits per heavy atom. The normalized spacial score (nSPS) is 20.8. The first-order valence-electron chi connectivity index (χ1n) is 5.11. The van der Waals surface area contributed by atoms with E-state index in [9.17, 15) is 9.50 Å². The minimum Gasteiger partial charge on any atom is -0.504 e. The molecule has 0 spiro atoms. The molecule has 0 bridgehead atoms. The second-order valence-electron chi connectivity index (χ2n) is 3.62. The lowest BCUT2D eigenvalue weighted by Gasteiger charge is -2.24. The van der Waals surface area contributed by atoms with Gasteiger partial charge in [-0.25, -0.2) is 4.39 Å². The molecule has 1 fully saturated rings. The standard InChI is InChI=1S/C11H14FNO3/c1-15-11-8(12)4-7(5-9(11)14)10-6-13-2-3-16-10/h4-5,10,13-14H,2-3,6H2,1H3. The summed E-state index contributed by atoms with van der Waals surface area (Å²) in [6.07, 6.45) is -0.222. The maximum atomic E-state index is 13.5. The molecule has 1 atom stereocenters. The summed E-state index contributed by atoms with van der Waals surface area (Å²) >= 11 is 0. The Balaban J connectivity index is 2.28. The number of hydrogen-bond donors (Lipinski definition) is 2. The fraction of sp³-hybridized carbons (Fsp3) is 0.455. The van der Waals surface area contributed by atoms with Crippen molar-refractivity contribution in [1.82, 2.24) is 5.32 Å². The van der Waals surface area contributed by atoms with Gasteiger partial charge in [0.05, 0.1) is 19.8 Å². The average molecular weight is 227 g/mol. The number of nitrogens with one attached hydrogen (secondary N) is 1. The molecule has 2 N–H and O–H groups in total. The van der Waals surface area contributed by atoms with Gasteiger partial charge >= 0.3 is 0 Å². The molecule has 1 unspecified atom stereocenters. The number of phenols is 1. The predicted molar refractivity (Wildman–Crippen MR) is 56.2 cm³/mol. The first kappa shape index (κ1) is 11.2. The maximum absolute atomic E-state index is 13.5. The van der Waals surface area contributed by atoms with E-state index in [1.807, 2.05) is 0 Å². The van der Waals surface area contributed by atoms with Crippen LogP contribution in [0.4, 0.5) is 4.39 Å². The number of ether oxygens (including phenoxy) is 2. The van der Waals surface area contributed by atoms with Crippen LogP contribution in [0.25, 0.3) is 0 Å². The Hall–Kier alpha value is -1.33. The highest BCUT2D eigenvalue weighted by Gasteiger charge is 2.19. The van der Waals surface area contributed by atoms with Crippen LogP contribution in [-0.2, 0) is 4.74 Å². The van der Waals surface area contributed by atoms with Crippen molar-refractivity contribution < 1.29 is 19.0 Å². The van der Waals surface area contributed by atoms with E-state index in [-0.39, 0.29) is 17.6 Å². The molecule has 1 saturated heterocycles. The Labute approximate surface area is 93.0 Å². The Kier molecular flexibility index (Phi) is 3.26. The number of phenolic OH excluding ortho intramolecular Hbond substituents is 1. The zero-order valence-corrected chi connectivity index (χ0v) is 9.00. The van der Waals surface area contributed by atoms with Crippen LogP contribution in [0, 0.1) is 5.82 Å². The van der Waals surface area contributed by atoms with E-state index < -0.39 is 5.82 Å². The van der Waals surface area contributed by atoms with Crippen molar-refractivity contribution in [3.05, 3.63) is 23.5 Å². The van der Waals surface area contributed by atoms with Crippen LogP contribution >= 0.6 is 0 Å².